The molecule has 2 aliphatic carbocycles. The van der Waals surface area contributed by atoms with Crippen LogP contribution in [0.5, 0.6) is 0 Å². The molecule has 3 N–H and O–H groups in total. The van der Waals surface area contributed by atoms with Crippen LogP contribution in [0, 0.1) is 16.7 Å². The van der Waals surface area contributed by atoms with Gasteiger partial charge in [0.15, 0.2) is 0 Å². The molecule has 0 spiro atoms. The van der Waals surface area contributed by atoms with Crippen molar-refractivity contribution in [2.45, 2.75) is 97.4 Å². The van der Waals surface area contributed by atoms with Gasteiger partial charge in [0.1, 0.15) is 5.76 Å². The lowest BCUT2D eigenvalue weighted by molar-refractivity contribution is -0.123. The van der Waals surface area contributed by atoms with Gasteiger partial charge in [-0.25, -0.2) is 0 Å². The van der Waals surface area contributed by atoms with E-state index in [4.69, 9.17) is 4.42 Å². The molecular formula is C23H38N2O3. The molecule has 28 heavy (non-hydrogen) atoms. The Morgan fingerprint density at radius 2 is 2.04 bits per heavy atom. The fourth-order valence-electron chi connectivity index (χ4n) is 5.90. The van der Waals surface area contributed by atoms with Crippen molar-refractivity contribution in [2.75, 3.05) is 0 Å². The van der Waals surface area contributed by atoms with E-state index < -0.39 is 5.60 Å². The van der Waals surface area contributed by atoms with Crippen molar-refractivity contribution in [3.8, 4) is 0 Å². The second-order valence-electron chi connectivity index (χ2n) is 10.4. The van der Waals surface area contributed by atoms with E-state index >= 15 is 0 Å². The van der Waals surface area contributed by atoms with Crippen LogP contribution in [-0.4, -0.2) is 28.7 Å². The number of carbonyl (C=O) groups is 1. The number of nitrogens with one attached hydrogen (secondary N) is 2. The summed E-state index contributed by atoms with van der Waals surface area (Å²) in [5.74, 6) is 1.27. The number of furan rings is 1. The number of fused-ring (bicyclic) bond motifs is 1. The van der Waals surface area contributed by atoms with E-state index in [1.807, 2.05) is 19.1 Å². The summed E-state index contributed by atoms with van der Waals surface area (Å²) in [5.41, 5.74) is -0.376. The van der Waals surface area contributed by atoms with E-state index in [0.29, 0.717) is 31.0 Å². The summed E-state index contributed by atoms with van der Waals surface area (Å²) in [4.78, 5) is 12.6. The Labute approximate surface area is 169 Å². The SMILES string of the molecule is CC(C)N[C@H]1CC(C)(C)[C@@H]2C[C@@](C)(O)CC[C@]12CCC(=O)NCc1ccco1. The van der Waals surface area contributed by atoms with Crippen molar-refractivity contribution < 1.29 is 14.3 Å². The maximum Gasteiger partial charge on any atom is 0.220 e. The number of rotatable bonds is 7. The Balaban J connectivity index is 1.73. The molecule has 5 nitrogen and oxygen atoms in total. The van der Waals surface area contributed by atoms with Gasteiger partial charge >= 0.3 is 0 Å². The molecule has 2 saturated carbocycles. The molecule has 3 rings (SSSR count). The Hall–Kier alpha value is -1.33. The fraction of sp³-hybridized carbons (Fsp3) is 0.783. The van der Waals surface area contributed by atoms with Gasteiger partial charge in [0.25, 0.3) is 0 Å². The van der Waals surface area contributed by atoms with Crippen molar-refractivity contribution in [3.63, 3.8) is 0 Å². The lowest BCUT2D eigenvalue weighted by atomic mass is 9.57. The molecule has 0 unspecified atom stereocenters. The summed E-state index contributed by atoms with van der Waals surface area (Å²) < 4.78 is 5.30. The van der Waals surface area contributed by atoms with E-state index in [0.717, 1.165) is 37.9 Å². The molecule has 2 aliphatic rings. The molecule has 1 aromatic rings. The third-order valence-electron chi connectivity index (χ3n) is 7.23. The van der Waals surface area contributed by atoms with Crippen LogP contribution in [0.25, 0.3) is 0 Å². The van der Waals surface area contributed by atoms with Gasteiger partial charge in [0.05, 0.1) is 18.4 Å². The van der Waals surface area contributed by atoms with Gasteiger partial charge in [0.2, 0.25) is 5.91 Å². The Morgan fingerprint density at radius 1 is 1.29 bits per heavy atom. The average molecular weight is 391 g/mol. The molecule has 158 valence electrons. The minimum absolute atomic E-state index is 0.0675. The van der Waals surface area contributed by atoms with Crippen molar-refractivity contribution in [1.29, 1.82) is 0 Å². The highest BCUT2D eigenvalue weighted by atomic mass is 16.3. The molecule has 0 aliphatic heterocycles. The van der Waals surface area contributed by atoms with E-state index in [1.165, 1.54) is 0 Å². The quantitative estimate of drug-likeness (QED) is 0.658. The van der Waals surface area contributed by atoms with Gasteiger partial charge < -0.3 is 20.2 Å². The number of aliphatic hydroxyl groups is 1. The minimum Gasteiger partial charge on any atom is -0.467 e. The average Bonchev–Trinajstić information content (AvgIpc) is 3.17. The summed E-state index contributed by atoms with van der Waals surface area (Å²) in [6.45, 7) is 11.5. The first-order chi connectivity index (χ1) is 13.0. The minimum atomic E-state index is -0.598. The van der Waals surface area contributed by atoms with Crippen LogP contribution in [0.2, 0.25) is 0 Å². The lowest BCUT2D eigenvalue weighted by Crippen LogP contribution is -2.52. The van der Waals surface area contributed by atoms with Crippen LogP contribution >= 0.6 is 0 Å². The zero-order chi connectivity index (χ0) is 20.6. The van der Waals surface area contributed by atoms with Crippen LogP contribution in [-0.2, 0) is 11.3 Å². The van der Waals surface area contributed by atoms with Crippen LogP contribution in [0.15, 0.2) is 22.8 Å². The Bertz CT molecular complexity index is 665. The molecule has 0 aromatic carbocycles. The molecule has 1 amide bonds. The monoisotopic (exact) mass is 390 g/mol. The number of hydrogen-bond donors (Lipinski definition) is 3. The predicted molar refractivity (Wildman–Crippen MR) is 111 cm³/mol. The highest BCUT2D eigenvalue weighted by Crippen LogP contribution is 2.63. The van der Waals surface area contributed by atoms with Crippen LogP contribution in [0.4, 0.5) is 0 Å². The molecule has 2 fully saturated rings. The molecular weight excluding hydrogens is 352 g/mol. The van der Waals surface area contributed by atoms with Gasteiger partial charge in [-0.2, -0.15) is 0 Å². The van der Waals surface area contributed by atoms with Gasteiger partial charge in [-0.1, -0.05) is 27.7 Å². The maximum atomic E-state index is 12.6. The summed E-state index contributed by atoms with van der Waals surface area (Å²) in [6, 6.07) is 4.51. The van der Waals surface area contributed by atoms with Crippen molar-refractivity contribution >= 4 is 5.91 Å². The number of amides is 1. The molecule has 0 radical (unpaired) electrons. The molecule has 4 atom stereocenters. The fourth-order valence-corrected chi connectivity index (χ4v) is 5.90. The standard InChI is InChI=1S/C23H38N2O3/c1-16(2)25-19-14-21(3,4)18-13-22(5,27)10-11-23(18,19)9-8-20(26)24-15-17-7-6-12-28-17/h6-7,12,16,18-19,25,27H,8-11,13-15H2,1-5H3,(H,24,26)/t18-,19-,22-,23-/m0/s1. The third kappa shape index (κ3) is 4.46. The van der Waals surface area contributed by atoms with Gasteiger partial charge in [-0.15, -0.1) is 0 Å². The zero-order valence-corrected chi connectivity index (χ0v) is 18.2. The number of carbonyl (C=O) groups excluding carboxylic acids is 1. The van der Waals surface area contributed by atoms with Crippen molar-refractivity contribution in [1.82, 2.24) is 10.6 Å². The van der Waals surface area contributed by atoms with Crippen molar-refractivity contribution in [2.24, 2.45) is 16.7 Å². The second-order valence-corrected chi connectivity index (χ2v) is 10.4. The zero-order valence-electron chi connectivity index (χ0n) is 18.2. The first-order valence-electron chi connectivity index (χ1n) is 10.8. The summed E-state index contributed by atoms with van der Waals surface area (Å²) in [6.07, 6.45) is 6.72. The van der Waals surface area contributed by atoms with E-state index in [1.54, 1.807) is 6.26 Å². The van der Waals surface area contributed by atoms with E-state index in [-0.39, 0.29) is 16.7 Å². The lowest BCUT2D eigenvalue weighted by Gasteiger charge is -2.51. The van der Waals surface area contributed by atoms with Gasteiger partial charge in [0, 0.05) is 18.5 Å². The smallest absolute Gasteiger partial charge is 0.220 e. The topological polar surface area (TPSA) is 74.5 Å². The highest BCUT2D eigenvalue weighted by Gasteiger charge is 2.61. The molecule has 0 bridgehead atoms. The predicted octanol–water partition coefficient (Wildman–Crippen LogP) is 4.01. The molecule has 0 saturated heterocycles. The van der Waals surface area contributed by atoms with Gasteiger partial charge in [-0.3, -0.25) is 4.79 Å². The maximum absolute atomic E-state index is 12.6. The van der Waals surface area contributed by atoms with Crippen LogP contribution in [0.1, 0.15) is 78.9 Å². The highest BCUT2D eigenvalue weighted by molar-refractivity contribution is 5.75. The van der Waals surface area contributed by atoms with Crippen LogP contribution < -0.4 is 10.6 Å². The molecule has 1 heterocycles. The van der Waals surface area contributed by atoms with E-state index in [2.05, 4.69) is 38.3 Å². The summed E-state index contributed by atoms with van der Waals surface area (Å²) in [5, 5.41) is 17.6. The van der Waals surface area contributed by atoms with Crippen LogP contribution in [0.3, 0.4) is 0 Å². The Kier molecular flexibility index (Phi) is 5.98. The first-order valence-corrected chi connectivity index (χ1v) is 10.8. The molecule has 1 aromatic heterocycles. The van der Waals surface area contributed by atoms with Crippen molar-refractivity contribution in [3.05, 3.63) is 24.2 Å². The van der Waals surface area contributed by atoms with Gasteiger partial charge in [-0.05, 0) is 67.9 Å². The van der Waals surface area contributed by atoms with E-state index in [9.17, 15) is 9.90 Å². The largest absolute Gasteiger partial charge is 0.467 e. The summed E-state index contributed by atoms with van der Waals surface area (Å²) >= 11 is 0. The number of hydrogen-bond acceptors (Lipinski definition) is 4. The third-order valence-corrected chi connectivity index (χ3v) is 7.23. The first kappa shape index (κ1) is 21.4. The molecule has 5 heteroatoms. The normalized spacial score (nSPS) is 34.4. The second kappa shape index (κ2) is 7.83. The Morgan fingerprint density at radius 3 is 2.68 bits per heavy atom. The summed E-state index contributed by atoms with van der Waals surface area (Å²) in [7, 11) is 0.